The summed E-state index contributed by atoms with van der Waals surface area (Å²) >= 11 is 8.05. The minimum absolute atomic E-state index is 0.0425. The molecule has 1 saturated carbocycles. The van der Waals surface area contributed by atoms with Gasteiger partial charge in [-0.3, -0.25) is 0 Å². The van der Waals surface area contributed by atoms with Crippen LogP contribution in [0.1, 0.15) is 119 Å². The largest absolute Gasteiger partial charge is 0.489 e. The average Bonchev–Trinajstić information content (AvgIpc) is 1.65. The topological polar surface area (TPSA) is 423 Å². The smallest absolute Gasteiger partial charge is 0.299 e. The van der Waals surface area contributed by atoms with Crippen molar-refractivity contribution in [2.45, 2.75) is 112 Å². The van der Waals surface area contributed by atoms with Crippen LogP contribution in [0.2, 0.25) is 5.02 Å². The second-order valence-corrected chi connectivity index (χ2v) is 35.2. The Bertz CT molecular complexity index is 6140. The van der Waals surface area contributed by atoms with Crippen molar-refractivity contribution < 1.29 is 86.9 Å². The third kappa shape index (κ3) is 33.6. The first-order valence-electron chi connectivity index (χ1n) is 46.5. The number of halogens is 11. The van der Waals surface area contributed by atoms with Gasteiger partial charge in [-0.05, 0) is 208 Å². The van der Waals surface area contributed by atoms with E-state index in [0.29, 0.717) is 190 Å². The summed E-state index contributed by atoms with van der Waals surface area (Å²) < 4.78 is 178. The number of benzene rings is 6. The maximum absolute atomic E-state index is 13.0. The molecule has 0 atom stereocenters. The van der Waals surface area contributed by atoms with Crippen molar-refractivity contribution in [1.29, 1.82) is 0 Å². The van der Waals surface area contributed by atoms with Crippen molar-refractivity contribution >= 4 is 34.8 Å². The molecule has 145 heavy (non-hydrogen) atoms. The number of nitrogens with two attached hydrogens (primary N) is 6. The molecule has 0 amide bonds. The van der Waals surface area contributed by atoms with Gasteiger partial charge in [0, 0.05) is 162 Å². The van der Waals surface area contributed by atoms with Gasteiger partial charge >= 0.3 is 0 Å². The van der Waals surface area contributed by atoms with Crippen LogP contribution >= 0.6 is 22.9 Å². The van der Waals surface area contributed by atoms with E-state index in [4.69, 9.17) is 99.1 Å². The number of rotatable bonds is 40. The van der Waals surface area contributed by atoms with Crippen LogP contribution in [-0.4, -0.2) is 222 Å². The molecule has 13 N–H and O–H groups in total. The predicted molar refractivity (Wildman–Crippen MR) is 539 cm³/mol. The van der Waals surface area contributed by atoms with Crippen LogP contribution in [0.25, 0.3) is 67.5 Å². The normalized spacial score (nSPS) is 13.8. The number of ether oxygens (including phenoxy) is 8. The number of anilines is 2. The monoisotopic (exact) mass is 2060 g/mol. The zero-order chi connectivity index (χ0) is 105. The maximum Gasteiger partial charge on any atom is 0.299 e. The van der Waals surface area contributed by atoms with E-state index in [1.807, 2.05) is 93.2 Å². The average molecular weight is 2060 g/mol. The van der Waals surface area contributed by atoms with Gasteiger partial charge in [0.05, 0.1) is 94.3 Å². The fourth-order valence-electron chi connectivity index (χ4n) is 13.4. The molecule has 6 aromatic carbocycles. The molecule has 0 bridgehead atoms. The first-order chi connectivity index (χ1) is 70.0. The quantitative estimate of drug-likeness (QED) is 0.0175. The number of aliphatic hydroxyl groups is 1. The van der Waals surface area contributed by atoms with E-state index in [1.54, 1.807) is 113 Å². The molecule has 3 aliphatic rings. The molecule has 45 heteroatoms. The number of alkyl halides is 4. The molecule has 1 aliphatic carbocycles. The fraction of sp³-hybridized carbons (Fsp3) is 0.390. The Morgan fingerprint density at radius 1 is 0.428 bits per heavy atom. The first-order valence-corrected chi connectivity index (χ1v) is 47.7. The Morgan fingerprint density at radius 3 is 1.14 bits per heavy atom. The molecule has 33 nitrogen and oxygen atoms in total. The van der Waals surface area contributed by atoms with E-state index in [2.05, 4.69) is 75.9 Å². The zero-order valence-electron chi connectivity index (χ0n) is 82.0. The van der Waals surface area contributed by atoms with Gasteiger partial charge in [0.25, 0.3) is 12.9 Å². The number of morpholine rings is 2. The Labute approximate surface area is 843 Å². The number of aliphatic hydroxyl groups excluding tert-OH is 1. The van der Waals surface area contributed by atoms with Gasteiger partial charge in [-0.15, -0.1) is 26.6 Å². The van der Waals surface area contributed by atoms with Gasteiger partial charge in [-0.2, -0.15) is 20.2 Å². The molecule has 0 spiro atoms. The summed E-state index contributed by atoms with van der Waals surface area (Å²) in [6.45, 7) is 23.1. The van der Waals surface area contributed by atoms with Crippen molar-refractivity contribution in [1.82, 2.24) is 78.8 Å². The highest BCUT2D eigenvalue weighted by molar-refractivity contribution is 7.15. The highest BCUT2D eigenvalue weighted by Gasteiger charge is 2.31. The van der Waals surface area contributed by atoms with Crippen molar-refractivity contribution in [3.05, 3.63) is 244 Å². The SMILES string of the molecule is CC(C)n1nc(-c2ccc(OC/C(=C/F)CN)cc2)nc1C(F)F.CC(C)n1nc(-c2ccc(OC/C(=C/F)CN)cc2)nc1N1CCOCC1.CC(C)n1nc(C(F)F)nc1-c1ccc(OC/C(=C/F)CN)cc1.Cc1nc(-c2ccc(OC/C(=C/F)CN)cc2)sc1C.Cn1nc(-c2ccc(OC/C(=C/F)CN)cc2Cl)nc1N1CCOCC1.NC/C(=C\F)COc1ccc(-c2nc(C3CC3)n(CCO)n2)cc1. The lowest BCUT2D eigenvalue weighted by Gasteiger charge is -2.28. The van der Waals surface area contributed by atoms with Gasteiger partial charge in [-0.25, -0.2) is 87.2 Å². The predicted octanol–water partition coefficient (Wildman–Crippen LogP) is 17.6. The molecule has 780 valence electrons. The van der Waals surface area contributed by atoms with Crippen LogP contribution in [0.3, 0.4) is 0 Å². The lowest BCUT2D eigenvalue weighted by atomic mass is 10.2. The van der Waals surface area contributed by atoms with Crippen LogP contribution in [0.15, 0.2) is 211 Å². The van der Waals surface area contributed by atoms with Gasteiger partial charge < -0.3 is 87.2 Å². The minimum Gasteiger partial charge on any atom is -0.489 e. The van der Waals surface area contributed by atoms with Crippen LogP contribution in [0, 0.1) is 13.8 Å². The van der Waals surface area contributed by atoms with E-state index >= 15 is 0 Å². The number of nitrogens with zero attached hydrogens (tertiary/aromatic N) is 18. The summed E-state index contributed by atoms with van der Waals surface area (Å²) in [5, 5.41) is 32.3. The molecule has 6 aromatic heterocycles. The van der Waals surface area contributed by atoms with E-state index in [0.717, 1.165) is 84.1 Å². The fourth-order valence-corrected chi connectivity index (χ4v) is 14.5. The van der Waals surface area contributed by atoms with E-state index in [9.17, 15) is 43.9 Å². The van der Waals surface area contributed by atoms with Gasteiger partial charge in [0.2, 0.25) is 17.7 Å². The van der Waals surface area contributed by atoms with Crippen molar-refractivity contribution in [3.63, 3.8) is 0 Å². The van der Waals surface area contributed by atoms with Crippen LogP contribution in [-0.2, 0) is 23.1 Å². The molecule has 8 heterocycles. The number of hydrogen-bond donors (Lipinski definition) is 7. The standard InChI is InChI=1S/C19H26FN5O2.C17H21ClFN5O2.C17H21FN4O2.2C16H19F3N4O.C15H17FN2OS/c1-14(2)25-19(24-7-9-26-10-8-24)22-18(23-25)16-3-5-17(6-4-16)27-13-15(11-20)12-21;1-23-17(24-4-6-25-7-5-24)21-16(22-23)14-3-2-13(8-15(14)18)26-11-12(9-19)10-20;18-9-12(10-19)11-24-15-5-3-13(4-6-15)16-20-17(14-1-2-14)22(21-16)7-8-23;1-10(2)23-16(21-15(22-23)14(18)19)12-3-5-13(6-4-12)24-9-11(7-17)8-20;1-10(2)23-16(14(18)19)21-15(22-23)12-3-5-13(6-4-12)24-9-11(7-17)8-20;1-10-11(2)20-15(18-10)13-3-5-14(6-4-13)19-9-12(7-16)8-17/h3-6,11,14H,7-10,12-13,21H2,1-2H3;2-3,8-9H,4-7,10-11,20H2,1H3;3-6,9,14,23H,1-2,7-8,10-11,19H2;2*3-7,10,14H,8-9,20H2,1-2H3;3-7H,8-9,17H2,1-2H3/b15-11+;2*12-9+;2*11-7+;12-7+. The molecule has 0 radical (unpaired) electrons. The summed E-state index contributed by atoms with van der Waals surface area (Å²) in [4.78, 5) is 31.9. The van der Waals surface area contributed by atoms with Gasteiger partial charge in [0.15, 0.2) is 34.9 Å². The Balaban J connectivity index is 0.000000179. The summed E-state index contributed by atoms with van der Waals surface area (Å²) in [5.41, 5.74) is 40.4. The van der Waals surface area contributed by atoms with Crippen LogP contribution in [0.5, 0.6) is 34.5 Å². The summed E-state index contributed by atoms with van der Waals surface area (Å²) in [5.74, 6) is 8.11. The molecule has 2 aliphatic heterocycles. The second-order valence-electron chi connectivity index (χ2n) is 33.6. The highest BCUT2D eigenvalue weighted by Crippen LogP contribution is 2.41. The van der Waals surface area contributed by atoms with E-state index < -0.39 is 18.7 Å². The van der Waals surface area contributed by atoms with Crippen LogP contribution in [0.4, 0.5) is 55.8 Å². The molecule has 12 aromatic rings. The molecule has 3 fully saturated rings. The Morgan fingerprint density at radius 2 is 0.793 bits per heavy atom. The highest BCUT2D eigenvalue weighted by atomic mass is 35.5. The minimum atomic E-state index is -2.73. The second kappa shape index (κ2) is 58.0. The molecular weight excluding hydrogens is 1940 g/mol. The number of aryl methyl sites for hydroxylation is 3. The van der Waals surface area contributed by atoms with E-state index in [1.165, 1.54) is 14.2 Å². The summed E-state index contributed by atoms with van der Waals surface area (Å²) in [6, 6.07) is 40.7. The Hall–Kier alpha value is -13.3. The lowest BCUT2D eigenvalue weighted by molar-refractivity contribution is 0.121. The summed E-state index contributed by atoms with van der Waals surface area (Å²) in [6.07, 6.45) is -0.406. The van der Waals surface area contributed by atoms with Crippen molar-refractivity contribution in [2.24, 2.45) is 41.4 Å². The van der Waals surface area contributed by atoms with Crippen LogP contribution < -0.4 is 72.6 Å². The van der Waals surface area contributed by atoms with Gasteiger partial charge in [0.1, 0.15) is 85.0 Å². The molecule has 0 unspecified atom stereocenters. The third-order valence-corrected chi connectivity index (χ3v) is 23.3. The number of thiazole rings is 1. The van der Waals surface area contributed by atoms with Gasteiger partial charge in [-0.1, -0.05) is 11.6 Å². The maximum atomic E-state index is 13.0. The molecular formula is C100H123ClF10N24O9S. The zero-order valence-corrected chi connectivity index (χ0v) is 83.5. The summed E-state index contributed by atoms with van der Waals surface area (Å²) in [7, 11) is 1.85. The number of aromatic nitrogens is 16. The first kappa shape index (κ1) is 114. The lowest BCUT2D eigenvalue weighted by Crippen LogP contribution is -2.38. The molecule has 2 saturated heterocycles. The third-order valence-electron chi connectivity index (χ3n) is 21.9. The number of hydrogen-bond acceptors (Lipinski definition) is 29. The Kier molecular flexibility index (Phi) is 45.5. The molecule has 15 rings (SSSR count). The van der Waals surface area contributed by atoms with E-state index in [-0.39, 0.29) is 115 Å². The van der Waals surface area contributed by atoms with Crippen molar-refractivity contribution in [2.75, 3.05) is 148 Å². The van der Waals surface area contributed by atoms with Crippen molar-refractivity contribution in [3.8, 4) is 102 Å².